The van der Waals surface area contributed by atoms with E-state index >= 15 is 0 Å². The Hall–Kier alpha value is -0.900. The summed E-state index contributed by atoms with van der Waals surface area (Å²) < 4.78 is 1.41. The Morgan fingerprint density at radius 1 is 1.29 bits per heavy atom. The third kappa shape index (κ3) is 3.01. The van der Waals surface area contributed by atoms with Crippen LogP contribution in [0.4, 0.5) is 0 Å². The highest BCUT2D eigenvalue weighted by atomic mass is 32.1. The first-order valence-corrected chi connectivity index (χ1v) is 9.02. The van der Waals surface area contributed by atoms with Crippen LogP contribution in [0.3, 0.4) is 0 Å². The molecule has 2 nitrogen and oxygen atoms in total. The fraction of sp³-hybridized carbons (Fsp3) is 0.556. The normalized spacial score (nSPS) is 25.3. The number of nitrogens with zero attached hydrogens (tertiary/aromatic N) is 1. The Morgan fingerprint density at radius 2 is 2.10 bits per heavy atom. The molecule has 1 aliphatic rings. The molecule has 2 heterocycles. The minimum Gasteiger partial charge on any atom is -0.311 e. The molecule has 114 valence electrons. The molecule has 3 unspecified atom stereocenters. The predicted molar refractivity (Wildman–Crippen MR) is 93.1 cm³/mol. The van der Waals surface area contributed by atoms with Crippen LogP contribution >= 0.6 is 11.3 Å². The molecule has 2 aromatic rings. The van der Waals surface area contributed by atoms with Gasteiger partial charge in [0.1, 0.15) is 0 Å². The molecule has 0 aliphatic carbocycles. The molecule has 0 spiro atoms. The fourth-order valence-electron chi connectivity index (χ4n) is 3.39. The van der Waals surface area contributed by atoms with Crippen molar-refractivity contribution in [1.82, 2.24) is 10.2 Å². The van der Waals surface area contributed by atoms with Crippen LogP contribution in [0, 0.1) is 0 Å². The standard InChI is InChI=1S/C18H26N2S/c1-4-15-12-20(16(5-2)11-19-15)13(3)18-10-14-8-6-7-9-17(14)21-18/h6-10,13,15-16,19H,4-5,11-12H2,1-3H3. The largest absolute Gasteiger partial charge is 0.311 e. The Balaban J connectivity index is 1.85. The summed E-state index contributed by atoms with van der Waals surface area (Å²) in [5.41, 5.74) is 0. The first-order chi connectivity index (χ1) is 10.2. The van der Waals surface area contributed by atoms with Crippen LogP contribution in [0.25, 0.3) is 10.1 Å². The van der Waals surface area contributed by atoms with Gasteiger partial charge in [-0.25, -0.2) is 0 Å². The van der Waals surface area contributed by atoms with E-state index in [1.807, 2.05) is 11.3 Å². The Kier molecular flexibility index (Phi) is 4.63. The van der Waals surface area contributed by atoms with Gasteiger partial charge in [-0.05, 0) is 37.3 Å². The summed E-state index contributed by atoms with van der Waals surface area (Å²) >= 11 is 1.96. The van der Waals surface area contributed by atoms with Crippen LogP contribution in [0.5, 0.6) is 0 Å². The van der Waals surface area contributed by atoms with Gasteiger partial charge in [-0.3, -0.25) is 4.90 Å². The van der Waals surface area contributed by atoms with Crippen molar-refractivity contribution in [1.29, 1.82) is 0 Å². The summed E-state index contributed by atoms with van der Waals surface area (Å²) in [6.07, 6.45) is 2.44. The van der Waals surface area contributed by atoms with Crippen LogP contribution in [0.2, 0.25) is 0 Å². The molecular formula is C18H26N2S. The lowest BCUT2D eigenvalue weighted by atomic mass is 10.0. The van der Waals surface area contributed by atoms with Gasteiger partial charge in [0.25, 0.3) is 0 Å². The number of thiophene rings is 1. The molecule has 3 heteroatoms. The Bertz CT molecular complexity index is 559. The van der Waals surface area contributed by atoms with Gasteiger partial charge in [-0.1, -0.05) is 32.0 Å². The van der Waals surface area contributed by atoms with E-state index in [1.54, 1.807) is 0 Å². The van der Waals surface area contributed by atoms with E-state index in [0.717, 1.165) is 6.54 Å². The quantitative estimate of drug-likeness (QED) is 0.899. The van der Waals surface area contributed by atoms with Gasteiger partial charge >= 0.3 is 0 Å². The average Bonchev–Trinajstić information content (AvgIpc) is 2.97. The van der Waals surface area contributed by atoms with Gasteiger partial charge in [0, 0.05) is 40.8 Å². The van der Waals surface area contributed by atoms with Crippen LogP contribution in [0.1, 0.15) is 44.5 Å². The predicted octanol–water partition coefficient (Wildman–Crippen LogP) is 4.42. The van der Waals surface area contributed by atoms with Gasteiger partial charge in [0.05, 0.1) is 0 Å². The van der Waals surface area contributed by atoms with E-state index in [9.17, 15) is 0 Å². The average molecular weight is 302 g/mol. The minimum atomic E-state index is 0.517. The van der Waals surface area contributed by atoms with Crippen molar-refractivity contribution in [3.8, 4) is 0 Å². The summed E-state index contributed by atoms with van der Waals surface area (Å²) in [5.74, 6) is 0. The lowest BCUT2D eigenvalue weighted by Gasteiger charge is -2.43. The number of hydrogen-bond donors (Lipinski definition) is 1. The zero-order valence-electron chi connectivity index (χ0n) is 13.3. The molecule has 1 N–H and O–H groups in total. The molecule has 21 heavy (non-hydrogen) atoms. The van der Waals surface area contributed by atoms with E-state index in [4.69, 9.17) is 0 Å². The Morgan fingerprint density at radius 3 is 2.81 bits per heavy atom. The van der Waals surface area contributed by atoms with Gasteiger partial charge in [0.2, 0.25) is 0 Å². The number of benzene rings is 1. The topological polar surface area (TPSA) is 15.3 Å². The molecule has 1 aliphatic heterocycles. The van der Waals surface area contributed by atoms with Crippen molar-refractivity contribution in [2.45, 2.75) is 51.7 Å². The highest BCUT2D eigenvalue weighted by molar-refractivity contribution is 7.19. The van der Waals surface area contributed by atoms with Gasteiger partial charge in [-0.15, -0.1) is 11.3 Å². The van der Waals surface area contributed by atoms with Crippen molar-refractivity contribution in [2.24, 2.45) is 0 Å². The van der Waals surface area contributed by atoms with Crippen LogP contribution in [-0.2, 0) is 0 Å². The first-order valence-electron chi connectivity index (χ1n) is 8.20. The number of nitrogens with one attached hydrogen (secondary N) is 1. The highest BCUT2D eigenvalue weighted by Gasteiger charge is 2.30. The van der Waals surface area contributed by atoms with Crippen molar-refractivity contribution >= 4 is 21.4 Å². The third-order valence-electron chi connectivity index (χ3n) is 4.86. The van der Waals surface area contributed by atoms with E-state index in [0.29, 0.717) is 18.1 Å². The zero-order chi connectivity index (χ0) is 14.8. The maximum Gasteiger partial charge on any atom is 0.0417 e. The SMILES string of the molecule is CCC1CN(C(C)c2cc3ccccc3s2)C(CC)CN1. The van der Waals surface area contributed by atoms with Crippen molar-refractivity contribution < 1.29 is 0 Å². The number of fused-ring (bicyclic) bond motifs is 1. The lowest BCUT2D eigenvalue weighted by Crippen LogP contribution is -2.56. The van der Waals surface area contributed by atoms with E-state index < -0.39 is 0 Å². The molecule has 1 saturated heterocycles. The zero-order valence-corrected chi connectivity index (χ0v) is 14.1. The summed E-state index contributed by atoms with van der Waals surface area (Å²) in [4.78, 5) is 4.22. The van der Waals surface area contributed by atoms with Gasteiger partial charge < -0.3 is 5.32 Å². The maximum absolute atomic E-state index is 3.69. The second-order valence-corrected chi connectivity index (χ2v) is 7.25. The highest BCUT2D eigenvalue weighted by Crippen LogP contribution is 2.34. The molecule has 1 aromatic heterocycles. The second kappa shape index (κ2) is 6.47. The molecule has 0 amide bonds. The molecule has 3 atom stereocenters. The van der Waals surface area contributed by atoms with Crippen molar-refractivity contribution in [2.75, 3.05) is 13.1 Å². The first kappa shape index (κ1) is 15.0. The summed E-state index contributed by atoms with van der Waals surface area (Å²) in [6.45, 7) is 9.27. The monoisotopic (exact) mass is 302 g/mol. The Labute approximate surface area is 132 Å². The van der Waals surface area contributed by atoms with E-state index in [-0.39, 0.29) is 0 Å². The van der Waals surface area contributed by atoms with Crippen LogP contribution in [-0.4, -0.2) is 30.1 Å². The molecule has 3 rings (SSSR count). The number of rotatable bonds is 4. The molecule has 0 saturated carbocycles. The van der Waals surface area contributed by atoms with Gasteiger partial charge in [-0.2, -0.15) is 0 Å². The van der Waals surface area contributed by atoms with Crippen LogP contribution in [0.15, 0.2) is 30.3 Å². The molecule has 1 aromatic carbocycles. The summed E-state index contributed by atoms with van der Waals surface area (Å²) in [7, 11) is 0. The van der Waals surface area contributed by atoms with Crippen molar-refractivity contribution in [3.63, 3.8) is 0 Å². The second-order valence-electron chi connectivity index (χ2n) is 6.13. The van der Waals surface area contributed by atoms with Crippen molar-refractivity contribution in [3.05, 3.63) is 35.2 Å². The van der Waals surface area contributed by atoms with Crippen LogP contribution < -0.4 is 5.32 Å². The molecule has 0 radical (unpaired) electrons. The molecule has 0 bridgehead atoms. The van der Waals surface area contributed by atoms with E-state index in [1.165, 1.54) is 34.3 Å². The molecule has 1 fully saturated rings. The number of hydrogen-bond acceptors (Lipinski definition) is 3. The third-order valence-corrected chi connectivity index (χ3v) is 6.15. The maximum atomic E-state index is 3.69. The lowest BCUT2D eigenvalue weighted by molar-refractivity contribution is 0.0866. The summed E-state index contributed by atoms with van der Waals surface area (Å²) in [5, 5.41) is 5.08. The minimum absolute atomic E-state index is 0.517. The fourth-order valence-corrected chi connectivity index (χ4v) is 4.52. The summed E-state index contributed by atoms with van der Waals surface area (Å²) in [6, 6.07) is 12.9. The molecular weight excluding hydrogens is 276 g/mol. The smallest absolute Gasteiger partial charge is 0.0417 e. The van der Waals surface area contributed by atoms with E-state index in [2.05, 4.69) is 61.3 Å². The van der Waals surface area contributed by atoms with Gasteiger partial charge in [0.15, 0.2) is 0 Å². The number of piperazine rings is 1.